The predicted molar refractivity (Wildman–Crippen MR) is 90.9 cm³/mol. The second kappa shape index (κ2) is 7.79. The first-order valence-electron chi connectivity index (χ1n) is 7.98. The minimum absolute atomic E-state index is 0. The normalized spacial score (nSPS) is 22.0. The van der Waals surface area contributed by atoms with E-state index < -0.39 is 11.9 Å². The molecule has 1 atom stereocenters. The van der Waals surface area contributed by atoms with E-state index in [1.165, 1.54) is 24.8 Å². The van der Waals surface area contributed by atoms with Crippen LogP contribution in [0.2, 0.25) is 0 Å². The Kier molecular flexibility index (Phi) is 6.02. The molecular weight excluding hydrogens is 316 g/mol. The zero-order valence-corrected chi connectivity index (χ0v) is 13.9. The summed E-state index contributed by atoms with van der Waals surface area (Å²) in [5.41, 5.74) is 2.04. The Balaban J connectivity index is 0.00000192. The average molecular weight is 339 g/mol. The average Bonchev–Trinajstić information content (AvgIpc) is 2.91. The van der Waals surface area contributed by atoms with Gasteiger partial charge in [-0.05, 0) is 43.6 Å². The van der Waals surface area contributed by atoms with Gasteiger partial charge in [0.2, 0.25) is 5.91 Å². The highest BCUT2D eigenvalue weighted by Gasteiger charge is 2.34. The molecule has 3 rings (SSSR count). The Morgan fingerprint density at radius 1 is 1.13 bits per heavy atom. The number of hydrogen-bond acceptors (Lipinski definition) is 3. The van der Waals surface area contributed by atoms with Crippen LogP contribution in [-0.4, -0.2) is 41.5 Å². The van der Waals surface area contributed by atoms with Crippen LogP contribution in [0.15, 0.2) is 24.3 Å². The molecule has 0 aliphatic carbocycles. The Bertz CT molecular complexity index is 555. The van der Waals surface area contributed by atoms with Gasteiger partial charge in [0.25, 0.3) is 0 Å². The topological polar surface area (TPSA) is 60.9 Å². The maximum atomic E-state index is 11.9. The number of amides is 1. The quantitative estimate of drug-likeness (QED) is 0.916. The van der Waals surface area contributed by atoms with Gasteiger partial charge in [0.15, 0.2) is 0 Å². The highest BCUT2D eigenvalue weighted by molar-refractivity contribution is 5.99. The number of benzene rings is 1. The lowest BCUT2D eigenvalue weighted by Crippen LogP contribution is -2.29. The second-order valence-corrected chi connectivity index (χ2v) is 6.25. The molecule has 2 saturated heterocycles. The zero-order valence-electron chi connectivity index (χ0n) is 13.1. The fourth-order valence-electron chi connectivity index (χ4n) is 3.28. The number of carboxylic acid groups (broad SMARTS) is 1. The minimum atomic E-state index is -0.891. The molecule has 6 heteroatoms. The molecule has 1 N–H and O–H groups in total. The predicted octanol–water partition coefficient (Wildman–Crippen LogP) is 2.53. The SMILES string of the molecule is Cl.O=C(O)[C@H]1CC(=O)N(c2ccc(CN3CCCCC3)cc2)C1. The molecular formula is C17H23ClN2O3. The molecule has 1 amide bonds. The van der Waals surface area contributed by atoms with Gasteiger partial charge >= 0.3 is 5.97 Å². The first-order chi connectivity index (χ1) is 10.6. The number of rotatable bonds is 4. The Hall–Kier alpha value is -1.59. The van der Waals surface area contributed by atoms with Crippen LogP contribution in [0.1, 0.15) is 31.2 Å². The molecule has 126 valence electrons. The van der Waals surface area contributed by atoms with Gasteiger partial charge in [-0.25, -0.2) is 0 Å². The van der Waals surface area contributed by atoms with Crippen molar-refractivity contribution in [3.8, 4) is 0 Å². The maximum absolute atomic E-state index is 11.9. The van der Waals surface area contributed by atoms with Crippen molar-refractivity contribution in [3.05, 3.63) is 29.8 Å². The summed E-state index contributed by atoms with van der Waals surface area (Å²) >= 11 is 0. The van der Waals surface area contributed by atoms with Gasteiger partial charge in [-0.15, -0.1) is 12.4 Å². The molecule has 0 spiro atoms. The summed E-state index contributed by atoms with van der Waals surface area (Å²) in [5.74, 6) is -1.57. The fraction of sp³-hybridized carbons (Fsp3) is 0.529. The molecule has 2 heterocycles. The van der Waals surface area contributed by atoms with Crippen molar-refractivity contribution >= 4 is 30.0 Å². The van der Waals surface area contributed by atoms with Crippen LogP contribution in [0.5, 0.6) is 0 Å². The standard InChI is InChI=1S/C17H22N2O3.ClH/c20-16-10-14(17(21)22)12-19(16)15-6-4-13(5-7-15)11-18-8-2-1-3-9-18;/h4-7,14H,1-3,8-12H2,(H,21,22);1H/t14-;/m0./s1. The summed E-state index contributed by atoms with van der Waals surface area (Å²) < 4.78 is 0. The summed E-state index contributed by atoms with van der Waals surface area (Å²) in [6, 6.07) is 7.96. The first-order valence-corrected chi connectivity index (χ1v) is 7.98. The van der Waals surface area contributed by atoms with E-state index in [1.807, 2.05) is 24.3 Å². The molecule has 0 unspecified atom stereocenters. The van der Waals surface area contributed by atoms with Crippen molar-refractivity contribution in [2.45, 2.75) is 32.2 Å². The van der Waals surface area contributed by atoms with E-state index in [-0.39, 0.29) is 31.3 Å². The number of aliphatic carboxylic acids is 1. The minimum Gasteiger partial charge on any atom is -0.481 e. The highest BCUT2D eigenvalue weighted by atomic mass is 35.5. The number of carbonyl (C=O) groups is 2. The summed E-state index contributed by atoms with van der Waals surface area (Å²) in [4.78, 5) is 27.0. The third kappa shape index (κ3) is 4.24. The number of carboxylic acids is 1. The first kappa shape index (κ1) is 17.8. The van der Waals surface area contributed by atoms with Gasteiger partial charge in [0.05, 0.1) is 5.92 Å². The van der Waals surface area contributed by atoms with E-state index >= 15 is 0 Å². The van der Waals surface area contributed by atoms with Crippen molar-refractivity contribution in [1.29, 1.82) is 0 Å². The van der Waals surface area contributed by atoms with Gasteiger partial charge in [-0.1, -0.05) is 18.6 Å². The molecule has 0 radical (unpaired) electrons. The third-order valence-corrected chi connectivity index (χ3v) is 4.58. The van der Waals surface area contributed by atoms with Crippen LogP contribution in [-0.2, 0) is 16.1 Å². The molecule has 23 heavy (non-hydrogen) atoms. The molecule has 1 aromatic carbocycles. The molecule has 5 nitrogen and oxygen atoms in total. The van der Waals surface area contributed by atoms with Crippen molar-refractivity contribution in [2.24, 2.45) is 5.92 Å². The lowest BCUT2D eigenvalue weighted by molar-refractivity contribution is -0.141. The van der Waals surface area contributed by atoms with Crippen molar-refractivity contribution in [1.82, 2.24) is 4.90 Å². The van der Waals surface area contributed by atoms with Crippen molar-refractivity contribution < 1.29 is 14.7 Å². The van der Waals surface area contributed by atoms with E-state index in [2.05, 4.69) is 4.90 Å². The van der Waals surface area contributed by atoms with E-state index in [0.717, 1.165) is 25.3 Å². The number of anilines is 1. The number of piperidine rings is 1. The van der Waals surface area contributed by atoms with Crippen LogP contribution in [0.3, 0.4) is 0 Å². The van der Waals surface area contributed by atoms with Crippen molar-refractivity contribution in [2.75, 3.05) is 24.5 Å². The van der Waals surface area contributed by atoms with E-state index in [4.69, 9.17) is 5.11 Å². The van der Waals surface area contributed by atoms with Gasteiger partial charge in [0, 0.05) is 25.2 Å². The van der Waals surface area contributed by atoms with Crippen LogP contribution in [0, 0.1) is 5.92 Å². The largest absolute Gasteiger partial charge is 0.481 e. The van der Waals surface area contributed by atoms with Crippen LogP contribution >= 0.6 is 12.4 Å². The molecule has 0 bridgehead atoms. The smallest absolute Gasteiger partial charge is 0.308 e. The molecule has 2 aliphatic rings. The van der Waals surface area contributed by atoms with E-state index in [0.29, 0.717) is 0 Å². The van der Waals surface area contributed by atoms with Gasteiger partial charge in [0.1, 0.15) is 0 Å². The highest BCUT2D eigenvalue weighted by Crippen LogP contribution is 2.26. The second-order valence-electron chi connectivity index (χ2n) is 6.25. The fourth-order valence-corrected chi connectivity index (χ4v) is 3.28. The third-order valence-electron chi connectivity index (χ3n) is 4.58. The molecule has 2 aliphatic heterocycles. The molecule has 0 saturated carbocycles. The monoisotopic (exact) mass is 338 g/mol. The number of carbonyl (C=O) groups excluding carboxylic acids is 1. The van der Waals surface area contributed by atoms with Gasteiger partial charge in [-0.3, -0.25) is 14.5 Å². The Labute approximate surface area is 142 Å². The lowest BCUT2D eigenvalue weighted by atomic mass is 10.1. The number of halogens is 1. The molecule has 1 aromatic rings. The number of nitrogens with zero attached hydrogens (tertiary/aromatic N) is 2. The maximum Gasteiger partial charge on any atom is 0.308 e. The zero-order chi connectivity index (χ0) is 15.5. The summed E-state index contributed by atoms with van der Waals surface area (Å²) in [6.07, 6.45) is 3.98. The number of hydrogen-bond donors (Lipinski definition) is 1. The van der Waals surface area contributed by atoms with E-state index in [9.17, 15) is 9.59 Å². The van der Waals surface area contributed by atoms with Gasteiger partial charge < -0.3 is 10.0 Å². The molecule has 0 aromatic heterocycles. The Morgan fingerprint density at radius 3 is 2.35 bits per heavy atom. The molecule has 2 fully saturated rings. The van der Waals surface area contributed by atoms with Crippen molar-refractivity contribution in [3.63, 3.8) is 0 Å². The summed E-state index contributed by atoms with van der Waals surface area (Å²) in [5, 5.41) is 9.04. The van der Waals surface area contributed by atoms with Crippen LogP contribution in [0.25, 0.3) is 0 Å². The van der Waals surface area contributed by atoms with E-state index in [1.54, 1.807) is 4.90 Å². The summed E-state index contributed by atoms with van der Waals surface area (Å²) in [6.45, 7) is 3.55. The Morgan fingerprint density at radius 2 is 1.78 bits per heavy atom. The lowest BCUT2D eigenvalue weighted by Gasteiger charge is -2.26. The van der Waals surface area contributed by atoms with Gasteiger partial charge in [-0.2, -0.15) is 0 Å². The number of likely N-dealkylation sites (tertiary alicyclic amines) is 1. The van der Waals surface area contributed by atoms with Crippen LogP contribution < -0.4 is 4.90 Å². The van der Waals surface area contributed by atoms with Crippen LogP contribution in [0.4, 0.5) is 5.69 Å². The summed E-state index contributed by atoms with van der Waals surface area (Å²) in [7, 11) is 0.